The predicted octanol–water partition coefficient (Wildman–Crippen LogP) is 2.15. The third-order valence-corrected chi connectivity index (χ3v) is 5.08. The minimum absolute atomic E-state index is 0.0376. The summed E-state index contributed by atoms with van der Waals surface area (Å²) in [5.41, 5.74) is 1.51. The average Bonchev–Trinajstić information content (AvgIpc) is 2.77. The van der Waals surface area contributed by atoms with Crippen LogP contribution in [0.5, 0.6) is 11.5 Å². The number of aromatic hydroxyl groups is 2. The molecule has 0 spiro atoms. The number of nitrogens with zero attached hydrogens (tertiary/aromatic N) is 2. The summed E-state index contributed by atoms with van der Waals surface area (Å²) in [6, 6.07) is 12.2. The number of hydrogen-bond acceptors (Lipinski definition) is 7. The van der Waals surface area contributed by atoms with Gasteiger partial charge in [-0.3, -0.25) is 4.90 Å². The van der Waals surface area contributed by atoms with E-state index < -0.39 is 5.97 Å². The van der Waals surface area contributed by atoms with Gasteiger partial charge in [0.1, 0.15) is 17.1 Å². The van der Waals surface area contributed by atoms with Gasteiger partial charge in [0.2, 0.25) is 0 Å². The number of hydrogen-bond donors (Lipinski definition) is 3. The monoisotopic (exact) mass is 416 g/mol. The van der Waals surface area contributed by atoms with Crippen molar-refractivity contribution in [3.63, 3.8) is 0 Å². The molecule has 162 valence electrons. The SMILES string of the molecule is O=C(O)c1c(O)cccc1N1CCOCC1.Oc1ccccc1CN1CCOCC1. The summed E-state index contributed by atoms with van der Waals surface area (Å²) in [6.07, 6.45) is 0. The lowest BCUT2D eigenvalue weighted by Gasteiger charge is -2.30. The van der Waals surface area contributed by atoms with Gasteiger partial charge in [-0.1, -0.05) is 24.3 Å². The van der Waals surface area contributed by atoms with Crippen molar-refractivity contribution < 1.29 is 29.6 Å². The van der Waals surface area contributed by atoms with E-state index in [9.17, 15) is 15.0 Å². The molecule has 2 aliphatic rings. The molecule has 2 heterocycles. The molecule has 8 heteroatoms. The number of carboxylic acids is 1. The number of morpholine rings is 2. The second-order valence-corrected chi connectivity index (χ2v) is 7.09. The number of ether oxygens (including phenoxy) is 2. The third-order valence-electron chi connectivity index (χ3n) is 5.08. The van der Waals surface area contributed by atoms with E-state index in [2.05, 4.69) is 4.90 Å². The molecule has 0 bridgehead atoms. The lowest BCUT2D eigenvalue weighted by atomic mass is 10.1. The molecule has 2 aliphatic heterocycles. The van der Waals surface area contributed by atoms with Crippen molar-refractivity contribution in [2.45, 2.75) is 6.54 Å². The molecule has 2 aromatic rings. The van der Waals surface area contributed by atoms with Crippen molar-refractivity contribution >= 4 is 11.7 Å². The van der Waals surface area contributed by atoms with Crippen LogP contribution in [0, 0.1) is 0 Å². The van der Waals surface area contributed by atoms with E-state index in [1.165, 1.54) is 6.07 Å². The Labute approximate surface area is 175 Å². The molecule has 0 unspecified atom stereocenters. The summed E-state index contributed by atoms with van der Waals surface area (Å²) in [6.45, 7) is 6.76. The summed E-state index contributed by atoms with van der Waals surface area (Å²) >= 11 is 0. The number of anilines is 1. The number of carbonyl (C=O) groups is 1. The summed E-state index contributed by atoms with van der Waals surface area (Å²) in [5, 5.41) is 28.2. The Morgan fingerprint density at radius 3 is 2.07 bits per heavy atom. The van der Waals surface area contributed by atoms with Crippen LogP contribution in [0.2, 0.25) is 0 Å². The zero-order chi connectivity index (χ0) is 21.3. The molecule has 4 rings (SSSR count). The van der Waals surface area contributed by atoms with Crippen LogP contribution < -0.4 is 4.90 Å². The van der Waals surface area contributed by atoms with Crippen molar-refractivity contribution in [1.29, 1.82) is 0 Å². The normalized spacial score (nSPS) is 17.1. The Balaban J connectivity index is 0.000000172. The zero-order valence-corrected chi connectivity index (χ0v) is 16.9. The predicted molar refractivity (Wildman–Crippen MR) is 112 cm³/mol. The van der Waals surface area contributed by atoms with E-state index in [0.29, 0.717) is 37.7 Å². The van der Waals surface area contributed by atoms with E-state index >= 15 is 0 Å². The second kappa shape index (κ2) is 10.8. The van der Waals surface area contributed by atoms with Crippen LogP contribution in [0.4, 0.5) is 5.69 Å². The highest BCUT2D eigenvalue weighted by Crippen LogP contribution is 2.29. The van der Waals surface area contributed by atoms with Crippen LogP contribution in [0.15, 0.2) is 42.5 Å². The fourth-order valence-corrected chi connectivity index (χ4v) is 3.46. The molecular weight excluding hydrogens is 388 g/mol. The molecule has 2 aromatic carbocycles. The first kappa shape index (κ1) is 21.9. The second-order valence-electron chi connectivity index (χ2n) is 7.09. The Morgan fingerprint density at radius 1 is 0.833 bits per heavy atom. The summed E-state index contributed by atoms with van der Waals surface area (Å²) < 4.78 is 10.5. The number of phenols is 2. The Kier molecular flexibility index (Phi) is 7.89. The number of rotatable bonds is 4. The standard InChI is InChI=1S/C11H13NO4.C11H15NO2/c13-9-3-1-2-8(10(9)11(14)15)12-4-6-16-7-5-12;13-11-4-2-1-3-10(11)9-12-5-7-14-8-6-12/h1-3,13H,4-7H2,(H,14,15);1-4,13H,5-9H2. The Bertz CT molecular complexity index is 832. The van der Waals surface area contributed by atoms with E-state index in [-0.39, 0.29) is 11.3 Å². The molecule has 8 nitrogen and oxygen atoms in total. The first-order valence-electron chi connectivity index (χ1n) is 10.0. The number of para-hydroxylation sites is 1. The van der Waals surface area contributed by atoms with Crippen molar-refractivity contribution in [2.24, 2.45) is 0 Å². The molecular formula is C22H28N2O6. The van der Waals surface area contributed by atoms with Crippen molar-refractivity contribution in [2.75, 3.05) is 57.5 Å². The van der Waals surface area contributed by atoms with Crippen molar-refractivity contribution in [3.05, 3.63) is 53.6 Å². The molecule has 2 saturated heterocycles. The lowest BCUT2D eigenvalue weighted by molar-refractivity contribution is 0.0339. The van der Waals surface area contributed by atoms with Gasteiger partial charge in [-0.05, 0) is 18.2 Å². The number of benzene rings is 2. The van der Waals surface area contributed by atoms with Crippen LogP contribution in [-0.2, 0) is 16.0 Å². The molecule has 2 fully saturated rings. The third kappa shape index (κ3) is 5.85. The number of carboxylic acid groups (broad SMARTS) is 1. The van der Waals surface area contributed by atoms with Gasteiger partial charge in [-0.15, -0.1) is 0 Å². The van der Waals surface area contributed by atoms with Crippen LogP contribution in [-0.4, -0.2) is 78.8 Å². The van der Waals surface area contributed by atoms with Gasteiger partial charge < -0.3 is 29.7 Å². The molecule has 3 N–H and O–H groups in total. The lowest BCUT2D eigenvalue weighted by Crippen LogP contribution is -2.37. The molecule has 0 atom stereocenters. The largest absolute Gasteiger partial charge is 0.508 e. The zero-order valence-electron chi connectivity index (χ0n) is 16.9. The molecule has 0 aliphatic carbocycles. The van der Waals surface area contributed by atoms with Crippen molar-refractivity contribution in [1.82, 2.24) is 4.90 Å². The maximum atomic E-state index is 11.1. The van der Waals surface area contributed by atoms with Crippen LogP contribution in [0.25, 0.3) is 0 Å². The highest BCUT2D eigenvalue weighted by Gasteiger charge is 2.21. The highest BCUT2D eigenvalue weighted by atomic mass is 16.5. The average molecular weight is 416 g/mol. The van der Waals surface area contributed by atoms with Crippen molar-refractivity contribution in [3.8, 4) is 11.5 Å². The van der Waals surface area contributed by atoms with E-state index in [1.807, 2.05) is 23.1 Å². The first-order valence-corrected chi connectivity index (χ1v) is 10.0. The summed E-state index contributed by atoms with van der Waals surface area (Å²) in [4.78, 5) is 15.3. The van der Waals surface area contributed by atoms with Gasteiger partial charge in [0.25, 0.3) is 0 Å². The molecule has 0 saturated carbocycles. The van der Waals surface area contributed by atoms with Crippen LogP contribution >= 0.6 is 0 Å². The minimum Gasteiger partial charge on any atom is -0.508 e. The first-order chi connectivity index (χ1) is 14.6. The molecule has 30 heavy (non-hydrogen) atoms. The fraction of sp³-hybridized carbons (Fsp3) is 0.409. The summed E-state index contributed by atoms with van der Waals surface area (Å²) in [7, 11) is 0. The van der Waals surface area contributed by atoms with Gasteiger partial charge in [-0.25, -0.2) is 4.79 Å². The molecule has 0 amide bonds. The van der Waals surface area contributed by atoms with Gasteiger partial charge >= 0.3 is 5.97 Å². The van der Waals surface area contributed by atoms with Crippen LogP contribution in [0.3, 0.4) is 0 Å². The number of aromatic carboxylic acids is 1. The minimum atomic E-state index is -1.11. The van der Waals surface area contributed by atoms with E-state index in [0.717, 1.165) is 38.4 Å². The van der Waals surface area contributed by atoms with Crippen LogP contribution in [0.1, 0.15) is 15.9 Å². The Hall–Kier alpha value is -2.81. The maximum Gasteiger partial charge on any atom is 0.341 e. The van der Waals surface area contributed by atoms with Gasteiger partial charge in [0.05, 0.1) is 32.1 Å². The fourth-order valence-electron chi connectivity index (χ4n) is 3.46. The smallest absolute Gasteiger partial charge is 0.341 e. The quantitative estimate of drug-likeness (QED) is 0.697. The summed E-state index contributed by atoms with van der Waals surface area (Å²) in [5.74, 6) is -0.921. The van der Waals surface area contributed by atoms with Gasteiger partial charge in [0, 0.05) is 38.3 Å². The molecule has 0 radical (unpaired) electrons. The topological polar surface area (TPSA) is 103 Å². The van der Waals surface area contributed by atoms with E-state index in [1.54, 1.807) is 18.2 Å². The van der Waals surface area contributed by atoms with Gasteiger partial charge in [0.15, 0.2) is 0 Å². The van der Waals surface area contributed by atoms with Gasteiger partial charge in [-0.2, -0.15) is 0 Å². The molecule has 0 aromatic heterocycles. The highest BCUT2D eigenvalue weighted by molar-refractivity contribution is 5.97. The maximum absolute atomic E-state index is 11.1. The Morgan fingerprint density at radius 2 is 1.43 bits per heavy atom. The number of phenolic OH excluding ortho intramolecular Hbond substituents is 1. The van der Waals surface area contributed by atoms with E-state index in [4.69, 9.17) is 14.6 Å².